The van der Waals surface area contributed by atoms with Crippen LogP contribution in [0, 0.1) is 6.92 Å². The van der Waals surface area contributed by atoms with Gasteiger partial charge in [0, 0.05) is 9.86 Å². The highest BCUT2D eigenvalue weighted by atomic mass is 79.9. The first-order chi connectivity index (χ1) is 12.5. The minimum absolute atomic E-state index is 0.148. The smallest absolute Gasteiger partial charge is 0.302 e. The SMILES string of the molecule is COc1ccc(OCC(=O)N=Nc2c(O)[nH]c3cc(Br)c(C)cc23)cc1. The number of aromatic hydroxyl groups is 1. The molecule has 2 N–H and O–H groups in total. The normalized spacial score (nSPS) is 11.2. The maximum absolute atomic E-state index is 11.9. The fourth-order valence-electron chi connectivity index (χ4n) is 2.35. The summed E-state index contributed by atoms with van der Waals surface area (Å²) in [6.45, 7) is 1.66. The van der Waals surface area contributed by atoms with E-state index >= 15 is 0 Å². The maximum Gasteiger partial charge on any atom is 0.302 e. The van der Waals surface area contributed by atoms with Crippen molar-refractivity contribution < 1.29 is 19.4 Å². The van der Waals surface area contributed by atoms with Gasteiger partial charge in [0.05, 0.1) is 12.6 Å². The Hall–Kier alpha value is -2.87. The molecule has 0 bridgehead atoms. The second-order valence-electron chi connectivity index (χ2n) is 5.53. The van der Waals surface area contributed by atoms with Gasteiger partial charge in [0.25, 0.3) is 0 Å². The predicted octanol–water partition coefficient (Wildman–Crippen LogP) is 4.64. The van der Waals surface area contributed by atoms with Crippen molar-refractivity contribution in [3.05, 3.63) is 46.4 Å². The molecular weight excluding hydrogens is 402 g/mol. The Bertz CT molecular complexity index is 980. The molecule has 3 rings (SSSR count). The number of hydrogen-bond donors (Lipinski definition) is 2. The van der Waals surface area contributed by atoms with E-state index in [0.717, 1.165) is 10.0 Å². The van der Waals surface area contributed by atoms with Gasteiger partial charge in [-0.2, -0.15) is 0 Å². The minimum Gasteiger partial charge on any atom is -0.497 e. The highest BCUT2D eigenvalue weighted by Gasteiger charge is 2.13. The van der Waals surface area contributed by atoms with Crippen molar-refractivity contribution in [2.24, 2.45) is 10.2 Å². The molecule has 8 heteroatoms. The molecule has 1 amide bonds. The molecule has 26 heavy (non-hydrogen) atoms. The van der Waals surface area contributed by atoms with Crippen LogP contribution in [0.2, 0.25) is 0 Å². The van der Waals surface area contributed by atoms with Crippen LogP contribution in [0.3, 0.4) is 0 Å². The summed E-state index contributed by atoms with van der Waals surface area (Å²) in [6, 6.07) is 10.5. The number of halogens is 1. The third-order valence-electron chi connectivity index (χ3n) is 3.71. The van der Waals surface area contributed by atoms with E-state index in [0.29, 0.717) is 22.4 Å². The van der Waals surface area contributed by atoms with Gasteiger partial charge in [-0.15, -0.1) is 10.2 Å². The lowest BCUT2D eigenvalue weighted by Crippen LogP contribution is -2.07. The maximum atomic E-state index is 11.9. The Morgan fingerprint density at radius 1 is 1.23 bits per heavy atom. The zero-order chi connectivity index (χ0) is 18.7. The first-order valence-corrected chi connectivity index (χ1v) is 8.49. The number of carbonyl (C=O) groups is 1. The van der Waals surface area contributed by atoms with Gasteiger partial charge in [-0.3, -0.25) is 4.79 Å². The van der Waals surface area contributed by atoms with Crippen LogP contribution < -0.4 is 9.47 Å². The highest BCUT2D eigenvalue weighted by Crippen LogP contribution is 2.37. The van der Waals surface area contributed by atoms with Crippen LogP contribution in [0.1, 0.15) is 5.56 Å². The number of ether oxygens (including phenoxy) is 2. The molecule has 0 saturated carbocycles. The van der Waals surface area contributed by atoms with Gasteiger partial charge in [-0.25, -0.2) is 0 Å². The molecule has 0 unspecified atom stereocenters. The Balaban J connectivity index is 1.70. The number of rotatable bonds is 5. The summed E-state index contributed by atoms with van der Waals surface area (Å²) in [5.74, 6) is 0.499. The number of carbonyl (C=O) groups excluding carboxylic acids is 1. The lowest BCUT2D eigenvalue weighted by Gasteiger charge is -2.04. The summed E-state index contributed by atoms with van der Waals surface area (Å²) in [5.41, 5.74) is 1.88. The Labute approximate surface area is 157 Å². The van der Waals surface area contributed by atoms with E-state index in [2.05, 4.69) is 31.1 Å². The zero-order valence-electron chi connectivity index (χ0n) is 14.1. The van der Waals surface area contributed by atoms with E-state index in [1.165, 1.54) is 0 Å². The fourth-order valence-corrected chi connectivity index (χ4v) is 2.69. The van der Waals surface area contributed by atoms with Crippen LogP contribution >= 0.6 is 15.9 Å². The summed E-state index contributed by atoms with van der Waals surface area (Å²) < 4.78 is 11.3. The molecule has 0 atom stereocenters. The molecule has 0 spiro atoms. The largest absolute Gasteiger partial charge is 0.497 e. The number of H-pyrrole nitrogens is 1. The number of benzene rings is 2. The summed E-state index contributed by atoms with van der Waals surface area (Å²) in [7, 11) is 1.57. The molecule has 1 heterocycles. The van der Waals surface area contributed by atoms with Crippen molar-refractivity contribution in [1.82, 2.24) is 4.98 Å². The number of azo groups is 1. The van der Waals surface area contributed by atoms with Crippen LogP contribution in [-0.2, 0) is 4.79 Å². The number of aromatic amines is 1. The van der Waals surface area contributed by atoms with E-state index in [1.54, 1.807) is 31.4 Å². The summed E-state index contributed by atoms with van der Waals surface area (Å²) in [6.07, 6.45) is 0. The quantitative estimate of drug-likeness (QED) is 0.590. The van der Waals surface area contributed by atoms with Gasteiger partial charge >= 0.3 is 5.91 Å². The third-order valence-corrected chi connectivity index (χ3v) is 4.57. The fraction of sp³-hybridized carbons (Fsp3) is 0.167. The van der Waals surface area contributed by atoms with E-state index in [-0.39, 0.29) is 18.2 Å². The van der Waals surface area contributed by atoms with E-state index < -0.39 is 5.91 Å². The molecule has 2 aromatic carbocycles. The molecule has 0 aliphatic carbocycles. The number of aromatic nitrogens is 1. The molecule has 3 aromatic rings. The van der Waals surface area contributed by atoms with Crippen LogP contribution in [0.4, 0.5) is 5.69 Å². The van der Waals surface area contributed by atoms with Gasteiger partial charge in [0.2, 0.25) is 5.88 Å². The lowest BCUT2D eigenvalue weighted by molar-refractivity contribution is -0.120. The van der Waals surface area contributed by atoms with Crippen LogP contribution in [0.15, 0.2) is 51.1 Å². The molecule has 0 radical (unpaired) electrons. The first-order valence-electron chi connectivity index (χ1n) is 7.70. The summed E-state index contributed by atoms with van der Waals surface area (Å²) >= 11 is 3.43. The number of amides is 1. The van der Waals surface area contributed by atoms with Crippen molar-refractivity contribution in [3.63, 3.8) is 0 Å². The van der Waals surface area contributed by atoms with Crippen LogP contribution in [0.5, 0.6) is 17.4 Å². The van der Waals surface area contributed by atoms with Crippen molar-refractivity contribution in [2.45, 2.75) is 6.92 Å². The number of nitrogens with one attached hydrogen (secondary N) is 1. The Kier molecular flexibility index (Phi) is 5.22. The Morgan fingerprint density at radius 2 is 1.92 bits per heavy atom. The second kappa shape index (κ2) is 7.57. The number of fused-ring (bicyclic) bond motifs is 1. The van der Waals surface area contributed by atoms with Crippen molar-refractivity contribution in [1.29, 1.82) is 0 Å². The summed E-state index contributed by atoms with van der Waals surface area (Å²) in [5, 5.41) is 18.2. The average Bonchev–Trinajstić information content (AvgIpc) is 2.93. The van der Waals surface area contributed by atoms with E-state index in [1.807, 2.05) is 19.1 Å². The van der Waals surface area contributed by atoms with Crippen molar-refractivity contribution >= 4 is 38.4 Å². The summed E-state index contributed by atoms with van der Waals surface area (Å²) in [4.78, 5) is 14.7. The van der Waals surface area contributed by atoms with Crippen LogP contribution in [0.25, 0.3) is 10.9 Å². The van der Waals surface area contributed by atoms with E-state index in [4.69, 9.17) is 9.47 Å². The van der Waals surface area contributed by atoms with Gasteiger partial charge in [-0.05, 0) is 48.9 Å². The molecule has 0 aliphatic rings. The zero-order valence-corrected chi connectivity index (χ0v) is 15.7. The topological polar surface area (TPSA) is 96.3 Å². The third kappa shape index (κ3) is 3.85. The van der Waals surface area contributed by atoms with Gasteiger partial charge in [0.15, 0.2) is 12.3 Å². The molecule has 0 fully saturated rings. The minimum atomic E-state index is -0.566. The highest BCUT2D eigenvalue weighted by molar-refractivity contribution is 9.10. The lowest BCUT2D eigenvalue weighted by atomic mass is 10.1. The second-order valence-corrected chi connectivity index (χ2v) is 6.38. The Morgan fingerprint density at radius 3 is 2.62 bits per heavy atom. The van der Waals surface area contributed by atoms with Crippen molar-refractivity contribution in [3.8, 4) is 17.4 Å². The number of nitrogens with zero attached hydrogens (tertiary/aromatic N) is 2. The molecule has 134 valence electrons. The number of hydrogen-bond acceptors (Lipinski definition) is 5. The molecule has 0 saturated heterocycles. The molecular formula is C18H16BrN3O4. The number of aryl methyl sites for hydroxylation is 1. The van der Waals surface area contributed by atoms with Gasteiger partial charge in [-0.1, -0.05) is 15.9 Å². The standard InChI is InChI=1S/C18H16BrN3O4/c1-10-7-13-15(8-14(10)19)20-18(24)17(13)22-21-16(23)9-26-12-5-3-11(25-2)4-6-12/h3-8,20,24H,9H2,1-2H3. The average molecular weight is 418 g/mol. The molecule has 1 aromatic heterocycles. The number of methoxy groups -OCH3 is 1. The van der Waals surface area contributed by atoms with Gasteiger partial charge in [0.1, 0.15) is 11.5 Å². The van der Waals surface area contributed by atoms with Crippen molar-refractivity contribution in [2.75, 3.05) is 13.7 Å². The predicted molar refractivity (Wildman–Crippen MR) is 100 cm³/mol. The first kappa shape index (κ1) is 17.9. The molecule has 0 aliphatic heterocycles. The van der Waals surface area contributed by atoms with Gasteiger partial charge < -0.3 is 19.6 Å². The monoisotopic (exact) mass is 417 g/mol. The molecule has 7 nitrogen and oxygen atoms in total. The van der Waals surface area contributed by atoms with E-state index in [9.17, 15) is 9.90 Å². The van der Waals surface area contributed by atoms with Crippen LogP contribution in [-0.4, -0.2) is 29.7 Å².